The molecule has 0 saturated heterocycles. The summed E-state index contributed by atoms with van der Waals surface area (Å²) >= 11 is 13.4. The quantitative estimate of drug-likeness (QED) is 0.614. The van der Waals surface area contributed by atoms with Gasteiger partial charge in [-0.2, -0.15) is 0 Å². The highest BCUT2D eigenvalue weighted by Gasteiger charge is 2.15. The van der Waals surface area contributed by atoms with Crippen molar-refractivity contribution in [3.05, 3.63) is 63.3 Å². The van der Waals surface area contributed by atoms with E-state index in [2.05, 4.69) is 4.98 Å². The molecule has 112 valence electrons. The van der Waals surface area contributed by atoms with Crippen LogP contribution < -0.4 is 0 Å². The molecule has 7 heteroatoms. The van der Waals surface area contributed by atoms with Crippen LogP contribution in [-0.2, 0) is 11.3 Å². The molecule has 0 N–H and O–H groups in total. The number of halogens is 2. The molecule has 3 rings (SSSR count). The Morgan fingerprint density at radius 2 is 2.14 bits per heavy atom. The summed E-state index contributed by atoms with van der Waals surface area (Å²) in [5.74, 6) is -0.0602. The van der Waals surface area contributed by atoms with Gasteiger partial charge in [-0.15, -0.1) is 11.3 Å². The van der Waals surface area contributed by atoms with Crippen molar-refractivity contribution < 1.29 is 13.9 Å². The van der Waals surface area contributed by atoms with Crippen molar-refractivity contribution in [2.45, 2.75) is 6.61 Å². The fourth-order valence-electron chi connectivity index (χ4n) is 1.77. The minimum Gasteiger partial charge on any atom is -0.455 e. The van der Waals surface area contributed by atoms with Crippen LogP contribution in [0.4, 0.5) is 0 Å². The van der Waals surface area contributed by atoms with Crippen molar-refractivity contribution >= 4 is 40.5 Å². The molecule has 0 bridgehead atoms. The second kappa shape index (κ2) is 6.52. The van der Waals surface area contributed by atoms with Gasteiger partial charge in [0.05, 0.1) is 20.5 Å². The van der Waals surface area contributed by atoms with E-state index in [-0.39, 0.29) is 17.2 Å². The predicted octanol–water partition coefficient (Wildman–Crippen LogP) is 5.07. The van der Waals surface area contributed by atoms with E-state index in [1.54, 1.807) is 18.2 Å². The minimum absolute atomic E-state index is 0.00342. The van der Waals surface area contributed by atoms with Crippen molar-refractivity contribution in [1.82, 2.24) is 4.98 Å². The van der Waals surface area contributed by atoms with Crippen LogP contribution in [0.2, 0.25) is 10.0 Å². The normalized spacial score (nSPS) is 10.6. The summed E-state index contributed by atoms with van der Waals surface area (Å²) < 4.78 is 10.5. The number of hydrogen-bond acceptors (Lipinski definition) is 5. The molecule has 0 unspecified atom stereocenters. The summed E-state index contributed by atoms with van der Waals surface area (Å²) in [6, 6.07) is 8.60. The lowest BCUT2D eigenvalue weighted by Crippen LogP contribution is -2.06. The Labute approximate surface area is 140 Å². The Morgan fingerprint density at radius 1 is 1.27 bits per heavy atom. The lowest BCUT2D eigenvalue weighted by atomic mass is 10.2. The van der Waals surface area contributed by atoms with E-state index in [1.807, 2.05) is 17.5 Å². The van der Waals surface area contributed by atoms with E-state index in [0.29, 0.717) is 16.6 Å². The topological polar surface area (TPSA) is 52.3 Å². The second-order valence-corrected chi connectivity index (χ2v) is 6.03. The fraction of sp³-hybridized carbons (Fsp3) is 0.0667. The van der Waals surface area contributed by atoms with Crippen LogP contribution in [0, 0.1) is 0 Å². The van der Waals surface area contributed by atoms with Crippen molar-refractivity contribution in [2.75, 3.05) is 0 Å². The van der Waals surface area contributed by atoms with Gasteiger partial charge in [0.1, 0.15) is 18.6 Å². The zero-order chi connectivity index (χ0) is 15.5. The molecule has 0 saturated carbocycles. The lowest BCUT2D eigenvalue weighted by molar-refractivity contribution is 0.0468. The van der Waals surface area contributed by atoms with Crippen molar-refractivity contribution in [3.63, 3.8) is 0 Å². The van der Waals surface area contributed by atoms with Gasteiger partial charge in [0, 0.05) is 0 Å². The Kier molecular flexibility index (Phi) is 4.47. The number of aromatic nitrogens is 1. The molecular formula is C15H9Cl2NO3S. The molecule has 1 aromatic carbocycles. The molecule has 2 aromatic heterocycles. The van der Waals surface area contributed by atoms with Crippen molar-refractivity contribution in [3.8, 4) is 10.8 Å². The van der Waals surface area contributed by atoms with Crippen LogP contribution in [0.25, 0.3) is 10.8 Å². The average Bonchev–Trinajstić information content (AvgIpc) is 3.18. The summed E-state index contributed by atoms with van der Waals surface area (Å²) in [7, 11) is 0. The van der Waals surface area contributed by atoms with Crippen LogP contribution in [0.15, 0.2) is 46.4 Å². The van der Waals surface area contributed by atoms with Gasteiger partial charge in [-0.05, 0) is 23.6 Å². The second-order valence-electron chi connectivity index (χ2n) is 4.30. The molecule has 0 aliphatic heterocycles. The molecule has 0 amide bonds. The summed E-state index contributed by atoms with van der Waals surface area (Å²) in [5.41, 5.74) is 0.742. The number of carbonyl (C=O) groups excluding carboxylic acids is 1. The highest BCUT2D eigenvalue weighted by Crippen LogP contribution is 2.27. The van der Waals surface area contributed by atoms with Gasteiger partial charge in [-0.25, -0.2) is 9.78 Å². The maximum Gasteiger partial charge on any atom is 0.340 e. The monoisotopic (exact) mass is 353 g/mol. The van der Waals surface area contributed by atoms with E-state index in [9.17, 15) is 4.79 Å². The average molecular weight is 354 g/mol. The Morgan fingerprint density at radius 3 is 2.91 bits per heavy atom. The Hall–Kier alpha value is -1.82. The van der Waals surface area contributed by atoms with Crippen LogP contribution in [-0.4, -0.2) is 11.0 Å². The summed E-state index contributed by atoms with van der Waals surface area (Å²) in [4.78, 5) is 17.2. The number of carbonyl (C=O) groups is 1. The van der Waals surface area contributed by atoms with Gasteiger partial charge < -0.3 is 9.15 Å². The summed E-state index contributed by atoms with van der Waals surface area (Å²) in [6.45, 7) is -0.00342. The number of ether oxygens (including phenoxy) is 1. The Bertz CT molecular complexity index is 799. The molecule has 3 aromatic rings. The third kappa shape index (κ3) is 3.16. The highest BCUT2D eigenvalue weighted by atomic mass is 35.5. The minimum atomic E-state index is -0.562. The number of oxazole rings is 1. The van der Waals surface area contributed by atoms with Crippen LogP contribution in [0.3, 0.4) is 0 Å². The molecule has 22 heavy (non-hydrogen) atoms. The first-order chi connectivity index (χ1) is 10.6. The summed E-state index contributed by atoms with van der Waals surface area (Å²) in [6.07, 6.45) is 1.46. The maximum atomic E-state index is 12.0. The summed E-state index contributed by atoms with van der Waals surface area (Å²) in [5, 5.41) is 2.41. The standard InChI is InChI=1S/C15H9Cl2NO3S/c16-11-4-1-3-10(13(11)17)15(19)21-8-9-7-20-14(18-9)12-5-2-6-22-12/h1-7H,8H2. The molecule has 0 radical (unpaired) electrons. The first-order valence-electron chi connectivity index (χ1n) is 6.24. The smallest absolute Gasteiger partial charge is 0.340 e. The van der Waals surface area contributed by atoms with E-state index >= 15 is 0 Å². The molecule has 0 spiro atoms. The SMILES string of the molecule is O=C(OCc1coc(-c2cccs2)n1)c1cccc(Cl)c1Cl. The van der Waals surface area contributed by atoms with Crippen molar-refractivity contribution in [2.24, 2.45) is 0 Å². The van der Waals surface area contributed by atoms with Gasteiger partial charge in [-0.1, -0.05) is 35.3 Å². The number of hydrogen-bond donors (Lipinski definition) is 0. The third-order valence-corrected chi connectivity index (χ3v) is 4.48. The first kappa shape index (κ1) is 15.1. The first-order valence-corrected chi connectivity index (χ1v) is 7.88. The zero-order valence-electron chi connectivity index (χ0n) is 11.1. The molecular weight excluding hydrogens is 345 g/mol. The van der Waals surface area contributed by atoms with Gasteiger partial charge in [0.15, 0.2) is 0 Å². The van der Waals surface area contributed by atoms with Crippen molar-refractivity contribution in [1.29, 1.82) is 0 Å². The van der Waals surface area contributed by atoms with Gasteiger partial charge in [0.25, 0.3) is 0 Å². The molecule has 0 fully saturated rings. The Balaban J connectivity index is 1.68. The number of esters is 1. The number of rotatable bonds is 4. The van der Waals surface area contributed by atoms with Crippen LogP contribution >= 0.6 is 34.5 Å². The zero-order valence-corrected chi connectivity index (χ0v) is 13.4. The molecule has 4 nitrogen and oxygen atoms in total. The maximum absolute atomic E-state index is 12.0. The van der Waals surface area contributed by atoms with Crippen LogP contribution in [0.1, 0.15) is 16.1 Å². The molecule has 0 atom stereocenters. The van der Waals surface area contributed by atoms with E-state index in [1.165, 1.54) is 17.6 Å². The predicted molar refractivity (Wildman–Crippen MR) is 85.4 cm³/mol. The molecule has 2 heterocycles. The fourth-order valence-corrected chi connectivity index (χ4v) is 2.80. The number of benzene rings is 1. The van der Waals surface area contributed by atoms with E-state index < -0.39 is 5.97 Å². The molecule has 0 aliphatic rings. The lowest BCUT2D eigenvalue weighted by Gasteiger charge is -2.05. The van der Waals surface area contributed by atoms with Crippen LogP contribution in [0.5, 0.6) is 0 Å². The number of nitrogens with zero attached hydrogens (tertiary/aromatic N) is 1. The third-order valence-electron chi connectivity index (χ3n) is 2.81. The van der Waals surface area contributed by atoms with E-state index in [0.717, 1.165) is 4.88 Å². The highest BCUT2D eigenvalue weighted by molar-refractivity contribution is 7.13. The largest absolute Gasteiger partial charge is 0.455 e. The molecule has 0 aliphatic carbocycles. The van der Waals surface area contributed by atoms with Gasteiger partial charge in [0.2, 0.25) is 5.89 Å². The van der Waals surface area contributed by atoms with E-state index in [4.69, 9.17) is 32.4 Å². The number of thiophene rings is 1. The van der Waals surface area contributed by atoms with Gasteiger partial charge >= 0.3 is 5.97 Å². The van der Waals surface area contributed by atoms with Gasteiger partial charge in [-0.3, -0.25) is 0 Å².